The molecule has 0 saturated heterocycles. The third kappa shape index (κ3) is 1.67. The summed E-state index contributed by atoms with van der Waals surface area (Å²) in [7, 11) is 1.62. The molecule has 0 aliphatic rings. The average molecular weight is 166 g/mol. The van der Waals surface area contributed by atoms with E-state index in [1.807, 2.05) is 12.3 Å². The fourth-order valence-corrected chi connectivity index (χ4v) is 1.01. The fraction of sp³-hybridized carbons (Fsp3) is 0.444. The van der Waals surface area contributed by atoms with Crippen molar-refractivity contribution < 1.29 is 4.79 Å². The first-order valence-electron chi connectivity index (χ1n) is 4.05. The number of nitrogens with one attached hydrogen (secondary N) is 2. The Labute approximate surface area is 72.2 Å². The molecule has 0 aromatic carbocycles. The fourth-order valence-electron chi connectivity index (χ4n) is 1.01. The maximum absolute atomic E-state index is 11.1. The van der Waals surface area contributed by atoms with Crippen LogP contribution in [0, 0.1) is 0 Å². The van der Waals surface area contributed by atoms with Gasteiger partial charge >= 0.3 is 0 Å². The zero-order chi connectivity index (χ0) is 9.14. The number of H-pyrrole nitrogens is 1. The molecule has 0 saturated carbocycles. The second-order valence-electron chi connectivity index (χ2n) is 3.08. The van der Waals surface area contributed by atoms with Crippen LogP contribution in [0.2, 0.25) is 0 Å². The van der Waals surface area contributed by atoms with Gasteiger partial charge in [-0.1, -0.05) is 13.8 Å². The standard InChI is InChI=1S/C9H14N2O/c1-6(2)7-4-8(11-5-7)9(12)10-3/h4-6,11H,1-3H3,(H,10,12). The highest BCUT2D eigenvalue weighted by atomic mass is 16.1. The number of hydrogen-bond acceptors (Lipinski definition) is 1. The molecule has 1 heterocycles. The normalized spacial score (nSPS) is 10.3. The molecule has 0 bridgehead atoms. The highest BCUT2D eigenvalue weighted by molar-refractivity contribution is 5.92. The Morgan fingerprint density at radius 2 is 2.25 bits per heavy atom. The van der Waals surface area contributed by atoms with Crippen molar-refractivity contribution in [3.8, 4) is 0 Å². The van der Waals surface area contributed by atoms with Gasteiger partial charge in [-0.2, -0.15) is 0 Å². The third-order valence-corrected chi connectivity index (χ3v) is 1.84. The summed E-state index contributed by atoms with van der Waals surface area (Å²) in [4.78, 5) is 14.0. The lowest BCUT2D eigenvalue weighted by molar-refractivity contribution is 0.0959. The highest BCUT2D eigenvalue weighted by Crippen LogP contribution is 2.14. The van der Waals surface area contributed by atoms with Gasteiger partial charge in [-0.25, -0.2) is 0 Å². The number of carbonyl (C=O) groups excluding carboxylic acids is 1. The summed E-state index contributed by atoms with van der Waals surface area (Å²) in [5.74, 6) is 0.390. The van der Waals surface area contributed by atoms with E-state index in [0.29, 0.717) is 11.6 Å². The maximum atomic E-state index is 11.1. The van der Waals surface area contributed by atoms with E-state index in [4.69, 9.17) is 0 Å². The Morgan fingerprint density at radius 1 is 1.58 bits per heavy atom. The molecule has 0 radical (unpaired) electrons. The van der Waals surface area contributed by atoms with Crippen LogP contribution in [0.15, 0.2) is 12.3 Å². The second-order valence-corrected chi connectivity index (χ2v) is 3.08. The predicted molar refractivity (Wildman–Crippen MR) is 48.3 cm³/mol. The first kappa shape index (κ1) is 8.84. The minimum Gasteiger partial charge on any atom is -0.357 e. The first-order valence-corrected chi connectivity index (χ1v) is 4.05. The summed E-state index contributed by atoms with van der Waals surface area (Å²) in [6, 6.07) is 1.88. The SMILES string of the molecule is CNC(=O)c1cc(C(C)C)c[nH]1. The predicted octanol–water partition coefficient (Wildman–Crippen LogP) is 1.50. The number of carbonyl (C=O) groups is 1. The van der Waals surface area contributed by atoms with E-state index in [1.54, 1.807) is 7.05 Å². The summed E-state index contributed by atoms with van der Waals surface area (Å²) in [6.45, 7) is 4.19. The molecule has 0 spiro atoms. The summed E-state index contributed by atoms with van der Waals surface area (Å²) < 4.78 is 0. The second kappa shape index (κ2) is 3.43. The molecular formula is C9H14N2O. The molecule has 1 aromatic heterocycles. The van der Waals surface area contributed by atoms with Gasteiger partial charge in [0.15, 0.2) is 0 Å². The van der Waals surface area contributed by atoms with Crippen LogP contribution in [-0.4, -0.2) is 17.9 Å². The van der Waals surface area contributed by atoms with Crippen LogP contribution in [0.4, 0.5) is 0 Å². The summed E-state index contributed by atoms with van der Waals surface area (Å²) >= 11 is 0. The zero-order valence-electron chi connectivity index (χ0n) is 7.64. The first-order chi connectivity index (χ1) is 5.65. The monoisotopic (exact) mass is 166 g/mol. The summed E-state index contributed by atoms with van der Waals surface area (Å²) in [5.41, 5.74) is 1.79. The lowest BCUT2D eigenvalue weighted by Gasteiger charge is -1.97. The van der Waals surface area contributed by atoms with Crippen LogP contribution in [0.5, 0.6) is 0 Å². The Morgan fingerprint density at radius 3 is 2.67 bits per heavy atom. The van der Waals surface area contributed by atoms with Crippen molar-refractivity contribution in [1.29, 1.82) is 0 Å². The van der Waals surface area contributed by atoms with Gasteiger partial charge in [0.2, 0.25) is 0 Å². The Kier molecular flexibility index (Phi) is 2.53. The molecule has 12 heavy (non-hydrogen) atoms. The number of hydrogen-bond donors (Lipinski definition) is 2. The summed E-state index contributed by atoms with van der Waals surface area (Å²) in [5, 5.41) is 2.56. The summed E-state index contributed by atoms with van der Waals surface area (Å²) in [6.07, 6.45) is 1.87. The van der Waals surface area contributed by atoms with Crippen molar-refractivity contribution in [3.05, 3.63) is 23.5 Å². The van der Waals surface area contributed by atoms with Gasteiger partial charge < -0.3 is 10.3 Å². The van der Waals surface area contributed by atoms with Crippen LogP contribution in [0.25, 0.3) is 0 Å². The number of amides is 1. The highest BCUT2D eigenvalue weighted by Gasteiger charge is 2.07. The van der Waals surface area contributed by atoms with E-state index in [1.165, 1.54) is 0 Å². The number of rotatable bonds is 2. The maximum Gasteiger partial charge on any atom is 0.267 e. The van der Waals surface area contributed by atoms with Gasteiger partial charge in [0.25, 0.3) is 5.91 Å². The van der Waals surface area contributed by atoms with Crippen LogP contribution in [0.3, 0.4) is 0 Å². The smallest absolute Gasteiger partial charge is 0.267 e. The van der Waals surface area contributed by atoms with Gasteiger partial charge in [0, 0.05) is 13.2 Å². The molecule has 1 rings (SSSR count). The average Bonchev–Trinajstić information content (AvgIpc) is 2.51. The topological polar surface area (TPSA) is 44.9 Å². The Bertz CT molecular complexity index is 276. The molecule has 0 aliphatic carbocycles. The molecule has 0 aliphatic heterocycles. The van der Waals surface area contributed by atoms with Crippen molar-refractivity contribution in [2.75, 3.05) is 7.05 Å². The van der Waals surface area contributed by atoms with Crippen molar-refractivity contribution in [2.24, 2.45) is 0 Å². The molecular weight excluding hydrogens is 152 g/mol. The van der Waals surface area contributed by atoms with Crippen molar-refractivity contribution >= 4 is 5.91 Å². The van der Waals surface area contributed by atoms with Gasteiger partial charge in [-0.05, 0) is 17.5 Å². The molecule has 0 unspecified atom stereocenters. The van der Waals surface area contributed by atoms with Crippen LogP contribution in [0.1, 0.15) is 35.8 Å². The molecule has 1 aromatic rings. The van der Waals surface area contributed by atoms with E-state index >= 15 is 0 Å². The van der Waals surface area contributed by atoms with Gasteiger partial charge in [0.05, 0.1) is 0 Å². The molecule has 0 fully saturated rings. The van der Waals surface area contributed by atoms with E-state index < -0.39 is 0 Å². The molecule has 1 amide bonds. The van der Waals surface area contributed by atoms with Gasteiger partial charge in [0.1, 0.15) is 5.69 Å². The van der Waals surface area contributed by atoms with E-state index in [2.05, 4.69) is 24.1 Å². The molecule has 66 valence electrons. The number of aromatic nitrogens is 1. The number of aromatic amines is 1. The van der Waals surface area contributed by atoms with E-state index in [0.717, 1.165) is 5.56 Å². The zero-order valence-corrected chi connectivity index (χ0v) is 7.64. The lowest BCUT2D eigenvalue weighted by Crippen LogP contribution is -2.17. The van der Waals surface area contributed by atoms with Crippen molar-refractivity contribution in [2.45, 2.75) is 19.8 Å². The minimum absolute atomic E-state index is 0.0677. The van der Waals surface area contributed by atoms with E-state index in [9.17, 15) is 4.79 Å². The van der Waals surface area contributed by atoms with Gasteiger partial charge in [-0.15, -0.1) is 0 Å². The van der Waals surface area contributed by atoms with E-state index in [-0.39, 0.29) is 5.91 Å². The largest absolute Gasteiger partial charge is 0.357 e. The molecule has 3 heteroatoms. The van der Waals surface area contributed by atoms with Crippen molar-refractivity contribution in [1.82, 2.24) is 10.3 Å². The van der Waals surface area contributed by atoms with Gasteiger partial charge in [-0.3, -0.25) is 4.79 Å². The molecule has 0 atom stereocenters. The third-order valence-electron chi connectivity index (χ3n) is 1.84. The van der Waals surface area contributed by atoms with Crippen LogP contribution < -0.4 is 5.32 Å². The van der Waals surface area contributed by atoms with Crippen molar-refractivity contribution in [3.63, 3.8) is 0 Å². The van der Waals surface area contributed by atoms with Crippen LogP contribution in [-0.2, 0) is 0 Å². The Hall–Kier alpha value is -1.25. The molecule has 2 N–H and O–H groups in total. The Balaban J connectivity index is 2.84. The lowest BCUT2D eigenvalue weighted by atomic mass is 10.1. The van der Waals surface area contributed by atoms with Crippen LogP contribution >= 0.6 is 0 Å². The minimum atomic E-state index is -0.0677. The quantitative estimate of drug-likeness (QED) is 0.687. The molecule has 3 nitrogen and oxygen atoms in total.